The molecule has 1 aromatic carbocycles. The predicted molar refractivity (Wildman–Crippen MR) is 67.7 cm³/mol. The Hall–Kier alpha value is -2.28. The topological polar surface area (TPSA) is 105 Å². The highest BCUT2D eigenvalue weighted by Gasteiger charge is 2.19. The van der Waals surface area contributed by atoms with Crippen molar-refractivity contribution in [2.75, 3.05) is 6.79 Å². The van der Waals surface area contributed by atoms with Gasteiger partial charge < -0.3 is 25.0 Å². The zero-order valence-electron chi connectivity index (χ0n) is 10.7. The van der Waals surface area contributed by atoms with Gasteiger partial charge in [-0.3, -0.25) is 9.59 Å². The summed E-state index contributed by atoms with van der Waals surface area (Å²) in [7, 11) is 0. The summed E-state index contributed by atoms with van der Waals surface area (Å²) in [4.78, 5) is 21.5. The molecule has 1 aromatic rings. The van der Waals surface area contributed by atoms with Gasteiger partial charge in [0.15, 0.2) is 11.5 Å². The monoisotopic (exact) mass is 281 g/mol. The third kappa shape index (κ3) is 3.61. The van der Waals surface area contributed by atoms with E-state index in [1.807, 2.05) is 0 Å². The van der Waals surface area contributed by atoms with Crippen LogP contribution in [0.2, 0.25) is 0 Å². The lowest BCUT2D eigenvalue weighted by molar-refractivity contribution is -0.140. The highest BCUT2D eigenvalue weighted by Crippen LogP contribution is 2.32. The molecular weight excluding hydrogens is 266 g/mol. The minimum atomic E-state index is -1.06. The number of hydrogen-bond donors (Lipinski definition) is 3. The summed E-state index contributed by atoms with van der Waals surface area (Å²) in [5, 5.41) is 20.4. The van der Waals surface area contributed by atoms with E-state index in [1.165, 1.54) is 0 Å². The van der Waals surface area contributed by atoms with E-state index in [-0.39, 0.29) is 19.6 Å². The van der Waals surface area contributed by atoms with Gasteiger partial charge in [0.1, 0.15) is 6.04 Å². The zero-order valence-corrected chi connectivity index (χ0v) is 10.7. The number of benzene rings is 1. The van der Waals surface area contributed by atoms with Crippen LogP contribution in [0.4, 0.5) is 0 Å². The smallest absolute Gasteiger partial charge is 0.320 e. The van der Waals surface area contributed by atoms with Gasteiger partial charge in [-0.2, -0.15) is 0 Å². The maximum Gasteiger partial charge on any atom is 0.320 e. The Kier molecular flexibility index (Phi) is 4.41. The Labute approximate surface area is 115 Å². The molecule has 0 saturated carbocycles. The molecule has 0 saturated heterocycles. The van der Waals surface area contributed by atoms with Crippen LogP contribution in [0, 0.1) is 0 Å². The number of aliphatic carboxylic acids is 2. The first-order valence-electron chi connectivity index (χ1n) is 6.13. The van der Waals surface area contributed by atoms with Crippen LogP contribution < -0.4 is 14.8 Å². The number of ether oxygens (including phenoxy) is 2. The van der Waals surface area contributed by atoms with Gasteiger partial charge in [-0.25, -0.2) is 0 Å². The first-order valence-corrected chi connectivity index (χ1v) is 6.13. The van der Waals surface area contributed by atoms with E-state index >= 15 is 0 Å². The van der Waals surface area contributed by atoms with Gasteiger partial charge in [0.25, 0.3) is 0 Å². The Balaban J connectivity index is 1.91. The molecule has 7 heteroatoms. The van der Waals surface area contributed by atoms with Crippen molar-refractivity contribution in [2.45, 2.75) is 25.4 Å². The molecule has 2 rings (SSSR count). The highest BCUT2D eigenvalue weighted by molar-refractivity contribution is 5.75. The van der Waals surface area contributed by atoms with E-state index in [1.54, 1.807) is 18.2 Å². The van der Waals surface area contributed by atoms with Crippen LogP contribution in [0.1, 0.15) is 18.4 Å². The molecule has 20 heavy (non-hydrogen) atoms. The molecule has 1 aliphatic heterocycles. The third-order valence-electron chi connectivity index (χ3n) is 2.93. The van der Waals surface area contributed by atoms with Crippen LogP contribution in [0.5, 0.6) is 11.5 Å². The molecule has 0 spiro atoms. The summed E-state index contributed by atoms with van der Waals surface area (Å²) in [6, 6.07) is 4.44. The molecule has 0 aromatic heterocycles. The molecule has 108 valence electrons. The molecule has 1 heterocycles. The largest absolute Gasteiger partial charge is 0.481 e. The number of rotatable bonds is 7. The van der Waals surface area contributed by atoms with E-state index in [0.717, 1.165) is 5.56 Å². The summed E-state index contributed by atoms with van der Waals surface area (Å²) in [6.45, 7) is 0.496. The number of fused-ring (bicyclic) bond motifs is 1. The van der Waals surface area contributed by atoms with Crippen molar-refractivity contribution >= 4 is 11.9 Å². The van der Waals surface area contributed by atoms with Crippen molar-refractivity contribution in [3.8, 4) is 11.5 Å². The van der Waals surface area contributed by atoms with Crippen LogP contribution in [0.15, 0.2) is 18.2 Å². The molecule has 0 fully saturated rings. The van der Waals surface area contributed by atoms with Gasteiger partial charge in [-0.15, -0.1) is 0 Å². The van der Waals surface area contributed by atoms with Gasteiger partial charge in [-0.05, 0) is 24.1 Å². The average molecular weight is 281 g/mol. The first kappa shape index (κ1) is 14.1. The van der Waals surface area contributed by atoms with Gasteiger partial charge in [-0.1, -0.05) is 6.07 Å². The fraction of sp³-hybridized carbons (Fsp3) is 0.385. The molecule has 0 amide bonds. The molecule has 0 aliphatic carbocycles. The Bertz CT molecular complexity index is 516. The molecular formula is C13H15NO6. The number of carboxylic acid groups (broad SMARTS) is 2. The fourth-order valence-corrected chi connectivity index (χ4v) is 1.87. The van der Waals surface area contributed by atoms with Gasteiger partial charge >= 0.3 is 11.9 Å². The quantitative estimate of drug-likeness (QED) is 0.679. The zero-order chi connectivity index (χ0) is 14.5. The fourth-order valence-electron chi connectivity index (χ4n) is 1.87. The lowest BCUT2D eigenvalue weighted by atomic mass is 10.1. The van der Waals surface area contributed by atoms with Crippen molar-refractivity contribution in [3.05, 3.63) is 23.8 Å². The molecule has 3 N–H and O–H groups in total. The standard InChI is InChI=1S/C13H15NO6/c15-12(16)4-2-9(13(17)18)14-6-8-1-3-10-11(5-8)20-7-19-10/h1,3,5,9,14H,2,4,6-7H2,(H,15,16)(H,17,18)/t9-/m0/s1. The molecule has 7 nitrogen and oxygen atoms in total. The van der Waals surface area contributed by atoms with E-state index in [0.29, 0.717) is 18.0 Å². The van der Waals surface area contributed by atoms with Crippen molar-refractivity contribution in [1.29, 1.82) is 0 Å². The molecule has 0 radical (unpaired) electrons. The molecule has 0 unspecified atom stereocenters. The van der Waals surface area contributed by atoms with Crippen molar-refractivity contribution in [1.82, 2.24) is 5.32 Å². The normalized spacial score (nSPS) is 14.0. The predicted octanol–water partition coefficient (Wildman–Crippen LogP) is 0.823. The minimum Gasteiger partial charge on any atom is -0.481 e. The molecule has 0 bridgehead atoms. The lowest BCUT2D eigenvalue weighted by Gasteiger charge is -2.13. The maximum absolute atomic E-state index is 11.0. The van der Waals surface area contributed by atoms with Gasteiger partial charge in [0, 0.05) is 13.0 Å². The van der Waals surface area contributed by atoms with Crippen LogP contribution >= 0.6 is 0 Å². The summed E-state index contributed by atoms with van der Waals surface area (Å²) in [6.07, 6.45) is -0.152. The van der Waals surface area contributed by atoms with Crippen LogP contribution in [-0.4, -0.2) is 35.0 Å². The molecule has 1 atom stereocenters. The Morgan fingerprint density at radius 1 is 1.25 bits per heavy atom. The summed E-state index contributed by atoms with van der Waals surface area (Å²) < 4.78 is 10.4. The second-order valence-corrected chi connectivity index (χ2v) is 4.39. The highest BCUT2D eigenvalue weighted by atomic mass is 16.7. The Morgan fingerprint density at radius 2 is 2.00 bits per heavy atom. The molecule has 1 aliphatic rings. The maximum atomic E-state index is 11.0. The SMILES string of the molecule is O=C(O)CC[C@H](NCc1ccc2c(c1)OCO2)C(=O)O. The number of carbonyl (C=O) groups is 2. The van der Waals surface area contributed by atoms with Gasteiger partial charge in [0.05, 0.1) is 0 Å². The lowest BCUT2D eigenvalue weighted by Crippen LogP contribution is -2.36. The summed E-state index contributed by atoms with van der Waals surface area (Å²) >= 11 is 0. The summed E-state index contributed by atoms with van der Waals surface area (Å²) in [5.41, 5.74) is 0.843. The number of carboxylic acids is 2. The van der Waals surface area contributed by atoms with E-state index in [2.05, 4.69) is 5.32 Å². The average Bonchev–Trinajstić information content (AvgIpc) is 2.85. The first-order chi connectivity index (χ1) is 9.56. The summed E-state index contributed by atoms with van der Waals surface area (Å²) in [5.74, 6) is -0.788. The third-order valence-corrected chi connectivity index (χ3v) is 2.93. The minimum absolute atomic E-state index is 0.0369. The second-order valence-electron chi connectivity index (χ2n) is 4.39. The van der Waals surface area contributed by atoms with E-state index in [9.17, 15) is 9.59 Å². The van der Waals surface area contributed by atoms with E-state index in [4.69, 9.17) is 19.7 Å². The Morgan fingerprint density at radius 3 is 2.70 bits per heavy atom. The number of nitrogens with one attached hydrogen (secondary N) is 1. The second kappa shape index (κ2) is 6.25. The van der Waals surface area contributed by atoms with Crippen LogP contribution in [0.25, 0.3) is 0 Å². The van der Waals surface area contributed by atoms with Crippen molar-refractivity contribution in [3.63, 3.8) is 0 Å². The number of hydrogen-bond acceptors (Lipinski definition) is 5. The van der Waals surface area contributed by atoms with Crippen LogP contribution in [-0.2, 0) is 16.1 Å². The van der Waals surface area contributed by atoms with Crippen molar-refractivity contribution in [2.24, 2.45) is 0 Å². The van der Waals surface area contributed by atoms with Crippen molar-refractivity contribution < 1.29 is 29.3 Å². The van der Waals surface area contributed by atoms with Crippen LogP contribution in [0.3, 0.4) is 0 Å². The van der Waals surface area contributed by atoms with Gasteiger partial charge in [0.2, 0.25) is 6.79 Å². The van der Waals surface area contributed by atoms with E-state index < -0.39 is 18.0 Å².